The van der Waals surface area contributed by atoms with Gasteiger partial charge in [-0.3, -0.25) is 9.59 Å². The van der Waals surface area contributed by atoms with E-state index in [-0.39, 0.29) is 35.2 Å². The van der Waals surface area contributed by atoms with Crippen LogP contribution in [0.25, 0.3) is 0 Å². The van der Waals surface area contributed by atoms with E-state index in [0.29, 0.717) is 12.0 Å². The molecule has 0 amide bonds. The molecule has 3 rings (SSSR count). The van der Waals surface area contributed by atoms with Crippen LogP contribution in [-0.4, -0.2) is 23.6 Å². The predicted molar refractivity (Wildman–Crippen MR) is 62.4 cm³/mol. The predicted octanol–water partition coefficient (Wildman–Crippen LogP) is 1.06. The minimum Gasteiger partial charge on any atom is -0.450 e. The van der Waals surface area contributed by atoms with Crippen LogP contribution < -0.4 is 0 Å². The fraction of sp³-hybridized carbons (Fsp3) is 0.500. The van der Waals surface area contributed by atoms with E-state index in [2.05, 4.69) is 6.58 Å². The number of ether oxygens (including phenoxy) is 1. The molecule has 4 heteroatoms. The highest BCUT2D eigenvalue weighted by Gasteiger charge is 2.52. The first-order valence-corrected chi connectivity index (χ1v) is 6.16. The zero-order valence-electron chi connectivity index (χ0n) is 10.1. The average molecular weight is 246 g/mol. The molecular formula is C14H14O4. The van der Waals surface area contributed by atoms with E-state index in [9.17, 15) is 14.4 Å². The van der Waals surface area contributed by atoms with Gasteiger partial charge in [0, 0.05) is 23.3 Å². The summed E-state index contributed by atoms with van der Waals surface area (Å²) in [5, 5.41) is 0. The molecule has 1 saturated heterocycles. The number of rotatable bonds is 0. The summed E-state index contributed by atoms with van der Waals surface area (Å²) in [5.74, 6) is -1.40. The van der Waals surface area contributed by atoms with Gasteiger partial charge in [-0.2, -0.15) is 0 Å². The summed E-state index contributed by atoms with van der Waals surface area (Å²) >= 11 is 0. The first-order valence-electron chi connectivity index (χ1n) is 6.16. The number of carbonyl (C=O) groups excluding carboxylic acids is 3. The number of fused-ring (bicyclic) bond motifs is 2. The van der Waals surface area contributed by atoms with E-state index in [4.69, 9.17) is 4.74 Å². The van der Waals surface area contributed by atoms with Gasteiger partial charge in [-0.25, -0.2) is 4.79 Å². The Balaban J connectivity index is 2.01. The number of ketones is 2. The second-order valence-corrected chi connectivity index (χ2v) is 5.33. The molecule has 1 aliphatic heterocycles. The second-order valence-electron chi connectivity index (χ2n) is 5.33. The van der Waals surface area contributed by atoms with Gasteiger partial charge in [0.2, 0.25) is 0 Å². The van der Waals surface area contributed by atoms with Crippen molar-refractivity contribution >= 4 is 17.5 Å². The van der Waals surface area contributed by atoms with Crippen molar-refractivity contribution < 1.29 is 19.1 Å². The Kier molecular flexibility index (Phi) is 2.30. The molecule has 0 unspecified atom stereocenters. The molecule has 1 heterocycles. The Morgan fingerprint density at radius 3 is 2.72 bits per heavy atom. The summed E-state index contributed by atoms with van der Waals surface area (Å²) in [7, 11) is 0. The maximum Gasteiger partial charge on any atom is 0.334 e. The highest BCUT2D eigenvalue weighted by molar-refractivity contribution is 6.01. The number of allylic oxidation sites excluding steroid dienone is 2. The number of hydrogen-bond acceptors (Lipinski definition) is 4. The van der Waals surface area contributed by atoms with Gasteiger partial charge < -0.3 is 4.74 Å². The molecule has 94 valence electrons. The summed E-state index contributed by atoms with van der Waals surface area (Å²) < 4.78 is 5.12. The van der Waals surface area contributed by atoms with E-state index in [1.165, 1.54) is 0 Å². The van der Waals surface area contributed by atoms with Gasteiger partial charge in [0.1, 0.15) is 0 Å². The minimum absolute atomic E-state index is 0.0486. The van der Waals surface area contributed by atoms with Gasteiger partial charge in [0.05, 0.1) is 0 Å². The van der Waals surface area contributed by atoms with E-state index in [1.807, 2.05) is 6.08 Å². The molecule has 0 N–H and O–H groups in total. The molecule has 18 heavy (non-hydrogen) atoms. The monoisotopic (exact) mass is 246 g/mol. The molecule has 2 aliphatic carbocycles. The van der Waals surface area contributed by atoms with Crippen molar-refractivity contribution in [2.75, 3.05) is 0 Å². The van der Waals surface area contributed by atoms with Crippen molar-refractivity contribution in [2.45, 2.75) is 19.4 Å². The van der Waals surface area contributed by atoms with Crippen molar-refractivity contribution in [3.63, 3.8) is 0 Å². The molecule has 0 bridgehead atoms. The van der Waals surface area contributed by atoms with Crippen LogP contribution in [0.3, 0.4) is 0 Å². The third-order valence-electron chi connectivity index (χ3n) is 4.44. The third-order valence-corrected chi connectivity index (χ3v) is 4.44. The average Bonchev–Trinajstić information content (AvgIpc) is 2.80. The number of esters is 1. The van der Waals surface area contributed by atoms with Crippen molar-refractivity contribution in [3.05, 3.63) is 24.3 Å². The van der Waals surface area contributed by atoms with Crippen LogP contribution >= 0.6 is 0 Å². The highest BCUT2D eigenvalue weighted by atomic mass is 16.6. The number of hydrogen-bond donors (Lipinski definition) is 0. The Labute approximate surface area is 105 Å². The van der Waals surface area contributed by atoms with Crippen molar-refractivity contribution in [1.29, 1.82) is 0 Å². The lowest BCUT2D eigenvalue weighted by Gasteiger charge is -2.20. The van der Waals surface area contributed by atoms with Crippen molar-refractivity contribution in [1.82, 2.24) is 0 Å². The van der Waals surface area contributed by atoms with Crippen LogP contribution in [0.1, 0.15) is 13.3 Å². The first kappa shape index (κ1) is 11.4. The van der Waals surface area contributed by atoms with E-state index in [0.717, 1.165) is 0 Å². The Hall–Kier alpha value is -1.71. The van der Waals surface area contributed by atoms with Gasteiger partial charge in [-0.15, -0.1) is 0 Å². The summed E-state index contributed by atoms with van der Waals surface area (Å²) in [6.45, 7) is 5.51. The van der Waals surface area contributed by atoms with Crippen LogP contribution in [0, 0.1) is 23.7 Å². The zero-order chi connectivity index (χ0) is 13.0. The normalized spacial score (nSPS) is 42.6. The number of Topliss-reactive ketones (excluding diaryl/α,β-unsaturated/α-hetero) is 1. The maximum atomic E-state index is 12.3. The summed E-state index contributed by atoms with van der Waals surface area (Å²) in [6, 6.07) is 0. The van der Waals surface area contributed by atoms with E-state index in [1.54, 1.807) is 13.0 Å². The van der Waals surface area contributed by atoms with Crippen LogP contribution in [0.5, 0.6) is 0 Å². The van der Waals surface area contributed by atoms with Gasteiger partial charge in [0.15, 0.2) is 17.7 Å². The summed E-state index contributed by atoms with van der Waals surface area (Å²) in [6.07, 6.45) is 3.13. The van der Waals surface area contributed by atoms with Gasteiger partial charge in [0.25, 0.3) is 0 Å². The molecule has 2 fully saturated rings. The quantitative estimate of drug-likeness (QED) is 0.473. The van der Waals surface area contributed by atoms with Gasteiger partial charge >= 0.3 is 5.97 Å². The highest BCUT2D eigenvalue weighted by Crippen LogP contribution is 2.44. The van der Waals surface area contributed by atoms with Crippen LogP contribution in [0.4, 0.5) is 0 Å². The maximum absolute atomic E-state index is 12.3. The molecule has 0 aromatic heterocycles. The molecule has 0 spiro atoms. The molecule has 4 nitrogen and oxygen atoms in total. The topological polar surface area (TPSA) is 60.4 Å². The molecule has 3 aliphatic rings. The van der Waals surface area contributed by atoms with Crippen molar-refractivity contribution in [3.8, 4) is 0 Å². The minimum atomic E-state index is -0.730. The number of carbonyl (C=O) groups is 3. The standard InChI is InChI=1S/C14H14O4/c1-6-8-3-4-11(15)10(8)5-9-7(2)14(17)18-13(9)12(6)16/h3-4,6,8-10,13H,2,5H2,1H3/t6-,8+,9+,10-,13-/m0/s1. The lowest BCUT2D eigenvalue weighted by atomic mass is 9.82. The van der Waals surface area contributed by atoms with Crippen LogP contribution in [0.2, 0.25) is 0 Å². The Morgan fingerprint density at radius 2 is 2.00 bits per heavy atom. The third kappa shape index (κ3) is 1.35. The van der Waals surface area contributed by atoms with E-state index < -0.39 is 12.1 Å². The molecule has 0 radical (unpaired) electrons. The van der Waals surface area contributed by atoms with Crippen LogP contribution in [-0.2, 0) is 19.1 Å². The molecule has 0 aromatic rings. The second kappa shape index (κ2) is 3.64. The fourth-order valence-electron chi connectivity index (χ4n) is 3.29. The smallest absolute Gasteiger partial charge is 0.334 e. The fourth-order valence-corrected chi connectivity index (χ4v) is 3.29. The molecule has 5 atom stereocenters. The van der Waals surface area contributed by atoms with Gasteiger partial charge in [-0.05, 0) is 18.4 Å². The van der Waals surface area contributed by atoms with Crippen LogP contribution in [0.15, 0.2) is 24.3 Å². The zero-order valence-corrected chi connectivity index (χ0v) is 10.1. The Morgan fingerprint density at radius 1 is 1.28 bits per heavy atom. The summed E-state index contributed by atoms with van der Waals surface area (Å²) in [4.78, 5) is 35.6. The molecule has 1 saturated carbocycles. The van der Waals surface area contributed by atoms with Gasteiger partial charge in [-0.1, -0.05) is 19.6 Å². The summed E-state index contributed by atoms with van der Waals surface area (Å²) in [5.41, 5.74) is 0.334. The van der Waals surface area contributed by atoms with Crippen molar-refractivity contribution in [2.24, 2.45) is 23.7 Å². The molecule has 0 aromatic carbocycles. The first-order chi connectivity index (χ1) is 8.50. The van der Waals surface area contributed by atoms with E-state index >= 15 is 0 Å². The SMILES string of the molecule is C=C1C(=O)O[C@@H]2C(=O)[C@@H](C)[C@H]3C=CC(=O)[C@H]3C[C@H]12. The largest absolute Gasteiger partial charge is 0.450 e. The lowest BCUT2D eigenvalue weighted by Crippen LogP contribution is -2.31. The Bertz CT molecular complexity index is 502. The lowest BCUT2D eigenvalue weighted by molar-refractivity contribution is -0.148. The molecular weight excluding hydrogens is 232 g/mol.